The van der Waals surface area contributed by atoms with Gasteiger partial charge in [0.15, 0.2) is 0 Å². The summed E-state index contributed by atoms with van der Waals surface area (Å²) in [6.07, 6.45) is 1.48. The first-order valence-electron chi connectivity index (χ1n) is 5.91. The van der Waals surface area contributed by atoms with Crippen molar-refractivity contribution >= 4 is 5.97 Å². The lowest BCUT2D eigenvalue weighted by molar-refractivity contribution is -0.146. The zero-order valence-corrected chi connectivity index (χ0v) is 10.3. The average molecular weight is 234 g/mol. The molecule has 0 aromatic heterocycles. The van der Waals surface area contributed by atoms with E-state index in [1.54, 1.807) is 13.8 Å². The van der Waals surface area contributed by atoms with Gasteiger partial charge in [-0.2, -0.15) is 0 Å². The van der Waals surface area contributed by atoms with Gasteiger partial charge in [0.2, 0.25) is 0 Å². The molecule has 0 amide bonds. The van der Waals surface area contributed by atoms with E-state index in [0.29, 0.717) is 13.0 Å². The largest absolute Gasteiger partial charge is 0.481 e. The number of carboxylic acids is 1. The highest BCUT2D eigenvalue weighted by atomic mass is 16.5. The third kappa shape index (κ3) is 2.50. The van der Waals surface area contributed by atoms with E-state index < -0.39 is 11.4 Å². The van der Waals surface area contributed by atoms with Gasteiger partial charge < -0.3 is 9.84 Å². The molecule has 0 aliphatic carbocycles. The number of hydrogen-bond donors (Lipinski definition) is 1. The average Bonchev–Trinajstić information content (AvgIpc) is 2.29. The van der Waals surface area contributed by atoms with Crippen LogP contribution in [0.25, 0.3) is 0 Å². The third-order valence-corrected chi connectivity index (χ3v) is 3.34. The lowest BCUT2D eigenvalue weighted by atomic mass is 9.83. The molecular formula is C14H18O3. The predicted molar refractivity (Wildman–Crippen MR) is 64.9 cm³/mol. The minimum atomic E-state index is -0.758. The van der Waals surface area contributed by atoms with E-state index in [2.05, 4.69) is 6.07 Å². The van der Waals surface area contributed by atoms with Crippen molar-refractivity contribution in [2.75, 3.05) is 6.61 Å². The van der Waals surface area contributed by atoms with Crippen molar-refractivity contribution in [3.8, 4) is 0 Å². The summed E-state index contributed by atoms with van der Waals surface area (Å²) >= 11 is 0. The van der Waals surface area contributed by atoms with Gasteiger partial charge in [-0.05, 0) is 43.4 Å². The van der Waals surface area contributed by atoms with Crippen molar-refractivity contribution in [1.82, 2.24) is 0 Å². The monoisotopic (exact) mass is 234 g/mol. The van der Waals surface area contributed by atoms with Crippen LogP contribution in [0.5, 0.6) is 0 Å². The Kier molecular flexibility index (Phi) is 3.20. The highest BCUT2D eigenvalue weighted by Gasteiger charge is 2.29. The van der Waals surface area contributed by atoms with Gasteiger partial charge in [-0.3, -0.25) is 4.79 Å². The highest BCUT2D eigenvalue weighted by Crippen LogP contribution is 2.28. The molecule has 0 radical (unpaired) electrons. The number of ether oxygens (including phenoxy) is 1. The van der Waals surface area contributed by atoms with E-state index in [-0.39, 0.29) is 0 Å². The summed E-state index contributed by atoms with van der Waals surface area (Å²) in [5, 5.41) is 9.18. The Labute approximate surface area is 101 Å². The van der Waals surface area contributed by atoms with E-state index in [1.807, 2.05) is 12.1 Å². The van der Waals surface area contributed by atoms with Gasteiger partial charge in [-0.25, -0.2) is 0 Å². The molecule has 0 atom stereocenters. The lowest BCUT2D eigenvalue weighted by Crippen LogP contribution is -2.27. The van der Waals surface area contributed by atoms with Gasteiger partial charge in [0, 0.05) is 0 Å². The molecule has 1 heterocycles. The van der Waals surface area contributed by atoms with Crippen molar-refractivity contribution in [3.63, 3.8) is 0 Å². The zero-order valence-electron chi connectivity index (χ0n) is 10.3. The number of aliphatic carboxylic acids is 1. The standard InChI is InChI=1S/C14H18O3/c1-14(2,13(15)16)8-11-5-3-4-10-6-7-17-9-12(10)11/h3-5H,6-9H2,1-2H3,(H,15,16). The normalized spacial score (nSPS) is 15.4. The van der Waals surface area contributed by atoms with Crippen LogP contribution in [-0.2, 0) is 29.0 Å². The molecule has 3 nitrogen and oxygen atoms in total. The summed E-state index contributed by atoms with van der Waals surface area (Å²) < 4.78 is 5.46. The first kappa shape index (κ1) is 12.1. The molecule has 0 saturated carbocycles. The molecule has 3 heteroatoms. The van der Waals surface area contributed by atoms with E-state index in [4.69, 9.17) is 4.74 Å². The minimum Gasteiger partial charge on any atom is -0.481 e. The topological polar surface area (TPSA) is 46.5 Å². The Morgan fingerprint density at radius 2 is 2.24 bits per heavy atom. The number of fused-ring (bicyclic) bond motifs is 1. The maximum absolute atomic E-state index is 11.2. The predicted octanol–water partition coefficient (Wildman–Crippen LogP) is 2.41. The number of carboxylic acid groups (broad SMARTS) is 1. The van der Waals surface area contributed by atoms with E-state index in [1.165, 1.54) is 11.1 Å². The van der Waals surface area contributed by atoms with Gasteiger partial charge in [0.1, 0.15) is 0 Å². The fourth-order valence-corrected chi connectivity index (χ4v) is 2.18. The minimum absolute atomic E-state index is 0.550. The van der Waals surface area contributed by atoms with Gasteiger partial charge in [-0.1, -0.05) is 18.2 Å². The van der Waals surface area contributed by atoms with Gasteiger partial charge >= 0.3 is 5.97 Å². The van der Waals surface area contributed by atoms with Gasteiger partial charge in [-0.15, -0.1) is 0 Å². The van der Waals surface area contributed by atoms with E-state index in [0.717, 1.165) is 18.6 Å². The van der Waals surface area contributed by atoms with Crippen LogP contribution in [0, 0.1) is 5.41 Å². The second kappa shape index (κ2) is 4.49. The Morgan fingerprint density at radius 3 is 2.94 bits per heavy atom. The molecule has 2 rings (SSSR count). The molecule has 17 heavy (non-hydrogen) atoms. The molecule has 1 aliphatic heterocycles. The second-order valence-electron chi connectivity index (χ2n) is 5.22. The van der Waals surface area contributed by atoms with Crippen LogP contribution in [0.3, 0.4) is 0 Å². The van der Waals surface area contributed by atoms with Crippen LogP contribution in [0.1, 0.15) is 30.5 Å². The van der Waals surface area contributed by atoms with Crippen molar-refractivity contribution < 1.29 is 14.6 Å². The first-order chi connectivity index (χ1) is 8.00. The molecule has 1 aliphatic rings. The molecule has 1 N–H and O–H groups in total. The molecule has 0 fully saturated rings. The van der Waals surface area contributed by atoms with Crippen LogP contribution >= 0.6 is 0 Å². The summed E-state index contributed by atoms with van der Waals surface area (Å²) in [5.41, 5.74) is 2.87. The van der Waals surface area contributed by atoms with Crippen LogP contribution in [0.2, 0.25) is 0 Å². The Morgan fingerprint density at radius 1 is 1.47 bits per heavy atom. The van der Waals surface area contributed by atoms with Crippen molar-refractivity contribution in [2.45, 2.75) is 33.3 Å². The summed E-state index contributed by atoms with van der Waals surface area (Å²) in [6, 6.07) is 6.13. The lowest BCUT2D eigenvalue weighted by Gasteiger charge is -2.24. The van der Waals surface area contributed by atoms with Gasteiger partial charge in [0.25, 0.3) is 0 Å². The molecule has 0 bridgehead atoms. The maximum atomic E-state index is 11.2. The van der Waals surface area contributed by atoms with Crippen LogP contribution in [0.4, 0.5) is 0 Å². The first-order valence-corrected chi connectivity index (χ1v) is 5.91. The van der Waals surface area contributed by atoms with Crippen LogP contribution in [0.15, 0.2) is 18.2 Å². The quantitative estimate of drug-likeness (QED) is 0.873. The Balaban J connectivity index is 2.30. The summed E-state index contributed by atoms with van der Waals surface area (Å²) in [7, 11) is 0. The number of carbonyl (C=O) groups is 1. The maximum Gasteiger partial charge on any atom is 0.309 e. The van der Waals surface area contributed by atoms with Crippen molar-refractivity contribution in [3.05, 3.63) is 34.9 Å². The molecule has 0 unspecified atom stereocenters. The number of hydrogen-bond acceptors (Lipinski definition) is 2. The number of benzene rings is 1. The molecule has 92 valence electrons. The third-order valence-electron chi connectivity index (χ3n) is 3.34. The summed E-state index contributed by atoms with van der Waals surface area (Å²) in [5.74, 6) is -0.758. The van der Waals surface area contributed by atoms with Gasteiger partial charge in [0.05, 0.1) is 18.6 Å². The molecule has 0 spiro atoms. The fraction of sp³-hybridized carbons (Fsp3) is 0.500. The SMILES string of the molecule is CC(C)(Cc1cccc2c1COCC2)C(=O)O. The van der Waals surface area contributed by atoms with Crippen LogP contribution < -0.4 is 0 Å². The van der Waals surface area contributed by atoms with Crippen molar-refractivity contribution in [2.24, 2.45) is 5.41 Å². The fourth-order valence-electron chi connectivity index (χ4n) is 2.18. The summed E-state index contributed by atoms with van der Waals surface area (Å²) in [4.78, 5) is 11.2. The molecule has 1 aromatic rings. The molecular weight excluding hydrogens is 216 g/mol. The second-order valence-corrected chi connectivity index (χ2v) is 5.22. The van der Waals surface area contributed by atoms with Crippen molar-refractivity contribution in [1.29, 1.82) is 0 Å². The summed E-state index contributed by atoms with van der Waals surface area (Å²) in [6.45, 7) is 4.90. The smallest absolute Gasteiger partial charge is 0.309 e. The molecule has 0 saturated heterocycles. The number of rotatable bonds is 3. The van der Waals surface area contributed by atoms with Crippen LogP contribution in [-0.4, -0.2) is 17.7 Å². The molecule has 1 aromatic carbocycles. The zero-order chi connectivity index (χ0) is 12.5. The Bertz CT molecular complexity index is 435. The van der Waals surface area contributed by atoms with E-state index >= 15 is 0 Å². The highest BCUT2D eigenvalue weighted by molar-refractivity contribution is 5.74. The Hall–Kier alpha value is -1.35. The van der Waals surface area contributed by atoms with E-state index in [9.17, 15) is 9.90 Å².